The van der Waals surface area contributed by atoms with Crippen LogP contribution in [-0.4, -0.2) is 32.1 Å². The first-order valence-corrected chi connectivity index (χ1v) is 5.40. The van der Waals surface area contributed by atoms with Gasteiger partial charge in [0.2, 0.25) is 0 Å². The average Bonchev–Trinajstić information content (AvgIpc) is 2.60. The molecule has 2 aromatic rings. The number of rotatable bonds is 2. The fourth-order valence-corrected chi connectivity index (χ4v) is 1.54. The summed E-state index contributed by atoms with van der Waals surface area (Å²) < 4.78 is 1.85. The SMILES string of the molecule is CC.[B]c1nc2cccc([B])n2c1CNC. The van der Waals surface area contributed by atoms with Gasteiger partial charge >= 0.3 is 0 Å². The summed E-state index contributed by atoms with van der Waals surface area (Å²) in [5, 5.41) is 3.03. The van der Waals surface area contributed by atoms with E-state index in [1.807, 2.05) is 43.5 Å². The first kappa shape index (κ1) is 12.8. The van der Waals surface area contributed by atoms with Crippen LogP contribution in [-0.2, 0) is 6.54 Å². The third kappa shape index (κ3) is 2.30. The predicted molar refractivity (Wildman–Crippen MR) is 70.1 cm³/mol. The zero-order valence-electron chi connectivity index (χ0n) is 9.99. The van der Waals surface area contributed by atoms with Crippen LogP contribution in [0.1, 0.15) is 19.5 Å². The van der Waals surface area contributed by atoms with E-state index in [1.54, 1.807) is 0 Å². The molecule has 16 heavy (non-hydrogen) atoms. The normalized spacial score (nSPS) is 9.94. The summed E-state index contributed by atoms with van der Waals surface area (Å²) in [5.74, 6) is 0. The molecule has 0 saturated carbocycles. The van der Waals surface area contributed by atoms with Crippen LogP contribution in [0.4, 0.5) is 0 Å². The molecule has 2 rings (SSSR count). The predicted octanol–water partition coefficient (Wildman–Crippen LogP) is -0.333. The molecule has 0 amide bonds. The number of imidazole rings is 1. The molecule has 0 fully saturated rings. The molecule has 3 nitrogen and oxygen atoms in total. The van der Waals surface area contributed by atoms with Crippen molar-refractivity contribution in [3.05, 3.63) is 23.9 Å². The molecular weight excluding hydrogens is 196 g/mol. The summed E-state index contributed by atoms with van der Waals surface area (Å²) >= 11 is 0. The summed E-state index contributed by atoms with van der Waals surface area (Å²) in [6.45, 7) is 4.65. The molecule has 0 unspecified atom stereocenters. The van der Waals surface area contributed by atoms with Gasteiger partial charge in [0, 0.05) is 17.8 Å². The number of pyridine rings is 1. The van der Waals surface area contributed by atoms with E-state index in [4.69, 9.17) is 15.7 Å². The highest BCUT2D eigenvalue weighted by atomic mass is 15.0. The van der Waals surface area contributed by atoms with Gasteiger partial charge in [0.1, 0.15) is 21.3 Å². The number of aromatic nitrogens is 2. The maximum atomic E-state index is 5.84. The third-order valence-corrected chi connectivity index (χ3v) is 2.14. The van der Waals surface area contributed by atoms with E-state index in [2.05, 4.69) is 10.3 Å². The second-order valence-electron chi connectivity index (χ2n) is 3.12. The Labute approximate surface area is 99.1 Å². The van der Waals surface area contributed by atoms with Gasteiger partial charge in [-0.05, 0) is 18.7 Å². The minimum atomic E-state index is 0.525. The highest BCUT2D eigenvalue weighted by Gasteiger charge is 2.07. The number of nitrogens with zero attached hydrogens (tertiary/aromatic N) is 2. The molecule has 0 aliphatic carbocycles. The van der Waals surface area contributed by atoms with Crippen LogP contribution in [0.2, 0.25) is 0 Å². The molecule has 0 saturated heterocycles. The highest BCUT2D eigenvalue weighted by Crippen LogP contribution is 2.00. The van der Waals surface area contributed by atoms with Crippen molar-refractivity contribution in [1.29, 1.82) is 0 Å². The fraction of sp³-hybridized carbons (Fsp3) is 0.364. The Morgan fingerprint density at radius 2 is 2.00 bits per heavy atom. The summed E-state index contributed by atoms with van der Waals surface area (Å²) in [7, 11) is 13.5. The van der Waals surface area contributed by atoms with Gasteiger partial charge in [-0.2, -0.15) is 0 Å². The third-order valence-electron chi connectivity index (χ3n) is 2.14. The summed E-state index contributed by atoms with van der Waals surface area (Å²) in [5.41, 5.74) is 2.86. The molecule has 0 aliphatic rings. The lowest BCUT2D eigenvalue weighted by atomic mass is 10.0. The fourth-order valence-electron chi connectivity index (χ4n) is 1.54. The van der Waals surface area contributed by atoms with Gasteiger partial charge in [0.15, 0.2) is 0 Å². The van der Waals surface area contributed by atoms with Crippen molar-refractivity contribution in [2.75, 3.05) is 7.05 Å². The van der Waals surface area contributed by atoms with Crippen LogP contribution in [0, 0.1) is 0 Å². The Kier molecular flexibility index (Phi) is 4.62. The quantitative estimate of drug-likeness (QED) is 0.689. The van der Waals surface area contributed by atoms with Crippen LogP contribution < -0.4 is 16.5 Å². The lowest BCUT2D eigenvalue weighted by molar-refractivity contribution is 0.791. The summed E-state index contributed by atoms with van der Waals surface area (Å²) in [6, 6.07) is 5.57. The number of hydrogen-bond donors (Lipinski definition) is 1. The molecule has 80 valence electrons. The van der Waals surface area contributed by atoms with Crippen LogP contribution in [0.25, 0.3) is 5.65 Å². The van der Waals surface area contributed by atoms with Gasteiger partial charge in [-0.25, -0.2) is 4.98 Å². The average molecular weight is 211 g/mol. The maximum absolute atomic E-state index is 5.84. The minimum absolute atomic E-state index is 0.525. The molecule has 1 N–H and O–H groups in total. The summed E-state index contributed by atoms with van der Waals surface area (Å²) in [4.78, 5) is 4.21. The monoisotopic (exact) mass is 211 g/mol. The Balaban J connectivity index is 0.000000606. The van der Waals surface area contributed by atoms with Gasteiger partial charge in [-0.3, -0.25) is 0 Å². The Bertz CT molecular complexity index is 465. The van der Waals surface area contributed by atoms with E-state index >= 15 is 0 Å². The van der Waals surface area contributed by atoms with Crippen molar-refractivity contribution < 1.29 is 0 Å². The molecule has 0 aliphatic heterocycles. The molecule has 0 spiro atoms. The zero-order chi connectivity index (χ0) is 12.1. The second kappa shape index (κ2) is 5.75. The van der Waals surface area contributed by atoms with Gasteiger partial charge < -0.3 is 9.72 Å². The van der Waals surface area contributed by atoms with Crippen molar-refractivity contribution in [1.82, 2.24) is 14.7 Å². The van der Waals surface area contributed by atoms with Crippen LogP contribution in [0.15, 0.2) is 18.2 Å². The van der Waals surface area contributed by atoms with Crippen LogP contribution in [0.5, 0.6) is 0 Å². The van der Waals surface area contributed by atoms with Gasteiger partial charge in [-0.15, -0.1) is 0 Å². The standard InChI is InChI=1S/C9H9B2N3.C2H6/c1-12-5-6-9(11)13-8-4-2-3-7(10)14(6)8;1-2/h2-4,12H,5H2,1H3;1-2H3. The molecule has 0 atom stereocenters. The van der Waals surface area contributed by atoms with E-state index in [0.717, 1.165) is 11.3 Å². The maximum Gasteiger partial charge on any atom is 0.144 e. The van der Waals surface area contributed by atoms with E-state index in [9.17, 15) is 0 Å². The first-order valence-electron chi connectivity index (χ1n) is 5.40. The second-order valence-corrected chi connectivity index (χ2v) is 3.12. The van der Waals surface area contributed by atoms with Crippen molar-refractivity contribution >= 4 is 32.5 Å². The van der Waals surface area contributed by atoms with Crippen molar-refractivity contribution in [3.8, 4) is 0 Å². The molecule has 0 bridgehead atoms. The molecule has 2 aromatic heterocycles. The first-order chi connectivity index (χ1) is 7.74. The van der Waals surface area contributed by atoms with E-state index in [0.29, 0.717) is 17.7 Å². The molecule has 5 heteroatoms. The molecule has 2 heterocycles. The number of hydrogen-bond acceptors (Lipinski definition) is 2. The van der Waals surface area contributed by atoms with Gasteiger partial charge in [0.05, 0.1) is 0 Å². The van der Waals surface area contributed by atoms with Crippen molar-refractivity contribution in [3.63, 3.8) is 0 Å². The largest absolute Gasteiger partial charge is 0.314 e. The smallest absolute Gasteiger partial charge is 0.144 e. The lowest BCUT2D eigenvalue weighted by Gasteiger charge is -2.05. The zero-order valence-corrected chi connectivity index (χ0v) is 9.99. The Morgan fingerprint density at radius 3 is 2.62 bits per heavy atom. The number of fused-ring (bicyclic) bond motifs is 1. The van der Waals surface area contributed by atoms with Crippen molar-refractivity contribution in [2.45, 2.75) is 20.4 Å². The number of nitrogens with one attached hydrogen (secondary N) is 1. The lowest BCUT2D eigenvalue weighted by Crippen LogP contribution is -2.23. The van der Waals surface area contributed by atoms with E-state index in [-0.39, 0.29) is 0 Å². The summed E-state index contributed by atoms with van der Waals surface area (Å²) in [6.07, 6.45) is 0. The van der Waals surface area contributed by atoms with Crippen molar-refractivity contribution in [2.24, 2.45) is 0 Å². The van der Waals surface area contributed by atoms with Crippen LogP contribution in [0.3, 0.4) is 0 Å². The highest BCUT2D eigenvalue weighted by molar-refractivity contribution is 6.33. The molecule has 0 aromatic carbocycles. The minimum Gasteiger partial charge on any atom is -0.314 e. The molecular formula is C11H15B2N3. The van der Waals surface area contributed by atoms with Gasteiger partial charge in [-0.1, -0.05) is 26.0 Å². The Hall–Kier alpha value is -1.22. The van der Waals surface area contributed by atoms with E-state index in [1.165, 1.54) is 0 Å². The van der Waals surface area contributed by atoms with Gasteiger partial charge in [0.25, 0.3) is 0 Å². The van der Waals surface area contributed by atoms with E-state index < -0.39 is 0 Å². The van der Waals surface area contributed by atoms with Crippen LogP contribution >= 0.6 is 0 Å². The topological polar surface area (TPSA) is 29.3 Å². The molecule has 4 radical (unpaired) electrons. The Morgan fingerprint density at radius 1 is 1.31 bits per heavy atom.